The van der Waals surface area contributed by atoms with Crippen LogP contribution in [0, 0.1) is 5.82 Å². The molecule has 0 aromatic heterocycles. The lowest BCUT2D eigenvalue weighted by molar-refractivity contribution is -0.147. The number of nitrogens with zero attached hydrogens (tertiary/aromatic N) is 1. The number of carbonyl (C=O) groups is 1. The highest BCUT2D eigenvalue weighted by molar-refractivity contribution is 5.81. The van der Waals surface area contributed by atoms with E-state index in [2.05, 4.69) is 10.2 Å². The first-order valence-electron chi connectivity index (χ1n) is 7.37. The molecule has 0 radical (unpaired) electrons. The summed E-state index contributed by atoms with van der Waals surface area (Å²) in [6, 6.07) is 4.84. The van der Waals surface area contributed by atoms with E-state index in [1.165, 1.54) is 13.2 Å². The summed E-state index contributed by atoms with van der Waals surface area (Å²) in [4.78, 5) is 14.2. The van der Waals surface area contributed by atoms with Gasteiger partial charge in [0.15, 0.2) is 0 Å². The quantitative estimate of drug-likeness (QED) is 0.816. The fraction of sp³-hybridized carbons (Fsp3) is 0.562. The van der Waals surface area contributed by atoms with Gasteiger partial charge in [0.25, 0.3) is 0 Å². The van der Waals surface area contributed by atoms with Crippen LogP contribution in [-0.4, -0.2) is 38.3 Å². The molecule has 1 atom stereocenters. The van der Waals surface area contributed by atoms with Gasteiger partial charge in [-0.2, -0.15) is 0 Å². The fourth-order valence-electron chi connectivity index (χ4n) is 2.78. The molecule has 1 aliphatic heterocycles. The van der Waals surface area contributed by atoms with Crippen molar-refractivity contribution in [2.45, 2.75) is 32.2 Å². The predicted molar refractivity (Wildman–Crippen MR) is 81.0 cm³/mol. The lowest BCUT2D eigenvalue weighted by Crippen LogP contribution is -2.57. The zero-order valence-electron chi connectivity index (χ0n) is 12.9. The molecule has 0 fully saturated rings. The molecule has 5 heteroatoms. The Morgan fingerprint density at radius 1 is 1.52 bits per heavy atom. The second kappa shape index (κ2) is 6.43. The second-order valence-electron chi connectivity index (χ2n) is 5.70. The van der Waals surface area contributed by atoms with Crippen molar-refractivity contribution < 1.29 is 13.9 Å². The van der Waals surface area contributed by atoms with Gasteiger partial charge in [0.2, 0.25) is 0 Å². The number of halogens is 1. The van der Waals surface area contributed by atoms with Gasteiger partial charge in [0, 0.05) is 18.8 Å². The minimum absolute atomic E-state index is 0.248. The van der Waals surface area contributed by atoms with Crippen LogP contribution in [0.1, 0.15) is 25.8 Å². The van der Waals surface area contributed by atoms with Gasteiger partial charge in [0.05, 0.1) is 7.11 Å². The molecule has 21 heavy (non-hydrogen) atoms. The summed E-state index contributed by atoms with van der Waals surface area (Å²) in [7, 11) is 1.39. The summed E-state index contributed by atoms with van der Waals surface area (Å²) in [5.74, 6) is -0.539. The number of esters is 1. The number of anilines is 1. The SMILES string of the molecule is CCCNC(C)(CN1CCc2ccc(F)cc21)C(=O)OC. The Hall–Kier alpha value is -1.62. The van der Waals surface area contributed by atoms with E-state index in [0.717, 1.165) is 37.2 Å². The molecular weight excluding hydrogens is 271 g/mol. The molecule has 0 saturated carbocycles. The monoisotopic (exact) mass is 294 g/mol. The molecule has 1 heterocycles. The van der Waals surface area contributed by atoms with Gasteiger partial charge >= 0.3 is 5.97 Å². The van der Waals surface area contributed by atoms with Gasteiger partial charge in [-0.05, 0) is 44.0 Å². The molecule has 0 amide bonds. The Kier molecular flexibility index (Phi) is 4.83. The van der Waals surface area contributed by atoms with Crippen LogP contribution in [-0.2, 0) is 16.0 Å². The maximum atomic E-state index is 13.5. The Balaban J connectivity index is 2.19. The largest absolute Gasteiger partial charge is 0.468 e. The highest BCUT2D eigenvalue weighted by Gasteiger charge is 2.37. The third-order valence-electron chi connectivity index (χ3n) is 3.95. The van der Waals surface area contributed by atoms with E-state index < -0.39 is 5.54 Å². The van der Waals surface area contributed by atoms with Gasteiger partial charge in [-0.3, -0.25) is 0 Å². The maximum absolute atomic E-state index is 13.5. The molecule has 2 rings (SSSR count). The van der Waals surface area contributed by atoms with Crippen molar-refractivity contribution in [1.82, 2.24) is 5.32 Å². The number of fused-ring (bicyclic) bond motifs is 1. The topological polar surface area (TPSA) is 41.6 Å². The summed E-state index contributed by atoms with van der Waals surface area (Å²) in [6.45, 7) is 5.88. The first-order valence-corrected chi connectivity index (χ1v) is 7.37. The number of rotatable bonds is 6. The highest BCUT2D eigenvalue weighted by Crippen LogP contribution is 2.30. The molecule has 0 saturated heterocycles. The summed E-state index contributed by atoms with van der Waals surface area (Å²) >= 11 is 0. The van der Waals surface area contributed by atoms with E-state index in [4.69, 9.17) is 4.74 Å². The normalized spacial score (nSPS) is 16.5. The number of hydrogen-bond donors (Lipinski definition) is 1. The van der Waals surface area contributed by atoms with Gasteiger partial charge < -0.3 is 15.0 Å². The van der Waals surface area contributed by atoms with E-state index in [-0.39, 0.29) is 11.8 Å². The van der Waals surface area contributed by atoms with Crippen molar-refractivity contribution in [1.29, 1.82) is 0 Å². The molecule has 0 bridgehead atoms. The molecule has 0 spiro atoms. The van der Waals surface area contributed by atoms with Gasteiger partial charge in [-0.1, -0.05) is 13.0 Å². The lowest BCUT2D eigenvalue weighted by Gasteiger charge is -2.33. The van der Waals surface area contributed by atoms with E-state index in [9.17, 15) is 9.18 Å². The molecule has 0 aliphatic carbocycles. The van der Waals surface area contributed by atoms with Crippen molar-refractivity contribution in [3.05, 3.63) is 29.6 Å². The number of nitrogens with one attached hydrogen (secondary N) is 1. The van der Waals surface area contributed by atoms with Gasteiger partial charge in [-0.15, -0.1) is 0 Å². The standard InChI is InChI=1S/C16H23FN2O2/c1-4-8-18-16(2,15(20)21-3)11-19-9-7-12-5-6-13(17)10-14(12)19/h5-6,10,18H,4,7-9,11H2,1-3H3. The summed E-state index contributed by atoms with van der Waals surface area (Å²) < 4.78 is 18.4. The number of methoxy groups -OCH3 is 1. The minimum Gasteiger partial charge on any atom is -0.468 e. The Morgan fingerprint density at radius 2 is 2.29 bits per heavy atom. The Labute approximate surface area is 125 Å². The van der Waals surface area contributed by atoms with Crippen molar-refractivity contribution in [3.63, 3.8) is 0 Å². The van der Waals surface area contributed by atoms with Crippen LogP contribution < -0.4 is 10.2 Å². The second-order valence-corrected chi connectivity index (χ2v) is 5.70. The molecular formula is C16H23FN2O2. The smallest absolute Gasteiger partial charge is 0.327 e. The van der Waals surface area contributed by atoms with E-state index in [1.54, 1.807) is 6.07 Å². The van der Waals surface area contributed by atoms with Crippen LogP contribution in [0.4, 0.5) is 10.1 Å². The van der Waals surface area contributed by atoms with E-state index >= 15 is 0 Å². The number of hydrogen-bond acceptors (Lipinski definition) is 4. The molecule has 116 valence electrons. The summed E-state index contributed by atoms with van der Waals surface area (Å²) in [6.07, 6.45) is 1.80. The molecule has 1 aromatic rings. The fourth-order valence-corrected chi connectivity index (χ4v) is 2.78. The molecule has 1 N–H and O–H groups in total. The van der Waals surface area contributed by atoms with Crippen molar-refractivity contribution in [2.24, 2.45) is 0 Å². The third kappa shape index (κ3) is 3.35. The average Bonchev–Trinajstić information content (AvgIpc) is 2.86. The van der Waals surface area contributed by atoms with Gasteiger partial charge in [-0.25, -0.2) is 9.18 Å². The van der Waals surface area contributed by atoms with Crippen molar-refractivity contribution in [3.8, 4) is 0 Å². The summed E-state index contributed by atoms with van der Waals surface area (Å²) in [5, 5.41) is 3.26. The first kappa shape index (κ1) is 15.8. The zero-order valence-corrected chi connectivity index (χ0v) is 12.9. The lowest BCUT2D eigenvalue weighted by atomic mass is 10.0. The molecule has 4 nitrogen and oxygen atoms in total. The maximum Gasteiger partial charge on any atom is 0.327 e. The van der Waals surface area contributed by atoms with Gasteiger partial charge in [0.1, 0.15) is 11.4 Å². The Bertz CT molecular complexity index is 521. The highest BCUT2D eigenvalue weighted by atomic mass is 19.1. The molecule has 1 aliphatic rings. The zero-order chi connectivity index (χ0) is 15.5. The van der Waals surface area contributed by atoms with Crippen LogP contribution in [0.3, 0.4) is 0 Å². The minimum atomic E-state index is -0.793. The number of benzene rings is 1. The van der Waals surface area contributed by atoms with Crippen LogP contribution in [0.2, 0.25) is 0 Å². The van der Waals surface area contributed by atoms with Crippen LogP contribution >= 0.6 is 0 Å². The first-order chi connectivity index (χ1) is 10.00. The van der Waals surface area contributed by atoms with E-state index in [0.29, 0.717) is 6.54 Å². The van der Waals surface area contributed by atoms with Crippen molar-refractivity contribution >= 4 is 11.7 Å². The number of carbonyl (C=O) groups excluding carboxylic acids is 1. The van der Waals surface area contributed by atoms with E-state index in [1.807, 2.05) is 19.9 Å². The predicted octanol–water partition coefficient (Wildman–Crippen LogP) is 2.12. The summed E-state index contributed by atoms with van der Waals surface area (Å²) in [5.41, 5.74) is 1.21. The van der Waals surface area contributed by atoms with Crippen LogP contribution in [0.5, 0.6) is 0 Å². The molecule has 1 aromatic carbocycles. The average molecular weight is 294 g/mol. The molecule has 1 unspecified atom stereocenters. The Morgan fingerprint density at radius 3 is 2.95 bits per heavy atom. The third-order valence-corrected chi connectivity index (χ3v) is 3.95. The number of ether oxygens (including phenoxy) is 1. The van der Waals surface area contributed by atoms with Crippen LogP contribution in [0.25, 0.3) is 0 Å². The van der Waals surface area contributed by atoms with Crippen LogP contribution in [0.15, 0.2) is 18.2 Å². The van der Waals surface area contributed by atoms with Crippen molar-refractivity contribution in [2.75, 3.05) is 31.6 Å².